The molecule has 3 aromatic carbocycles. The lowest BCUT2D eigenvalue weighted by atomic mass is 9.95. The van der Waals surface area contributed by atoms with Gasteiger partial charge >= 0.3 is 11.7 Å². The Labute approximate surface area is 214 Å². The number of rotatable bonds is 6. The maximum absolute atomic E-state index is 13.5. The van der Waals surface area contributed by atoms with Crippen LogP contribution in [0.15, 0.2) is 89.7 Å². The number of aromatic nitrogens is 3. The third-order valence-electron chi connectivity index (χ3n) is 6.08. The molecule has 0 radical (unpaired) electrons. The van der Waals surface area contributed by atoms with E-state index < -0.39 is 11.7 Å². The average molecular weight is 491 g/mol. The number of nitrogens with zero attached hydrogens (tertiary/aromatic N) is 3. The highest BCUT2D eigenvalue weighted by atomic mass is 16.5. The maximum Gasteiger partial charge on any atom is 0.355 e. The van der Waals surface area contributed by atoms with E-state index in [1.807, 2.05) is 91.9 Å². The Bertz CT molecular complexity index is 1650. The molecule has 0 aliphatic rings. The molecule has 7 heteroatoms. The number of carbonyl (C=O) groups is 1. The summed E-state index contributed by atoms with van der Waals surface area (Å²) in [4.78, 5) is 36.0. The van der Waals surface area contributed by atoms with E-state index in [2.05, 4.69) is 10.3 Å². The Morgan fingerprint density at radius 2 is 1.54 bits per heavy atom. The molecule has 7 nitrogen and oxygen atoms in total. The molecule has 37 heavy (non-hydrogen) atoms. The van der Waals surface area contributed by atoms with Crippen LogP contribution in [0, 0.1) is 13.8 Å². The number of nitrogens with one attached hydrogen (secondary N) is 1. The van der Waals surface area contributed by atoms with Gasteiger partial charge in [0.1, 0.15) is 5.82 Å². The molecule has 2 aromatic heterocycles. The summed E-state index contributed by atoms with van der Waals surface area (Å²) in [6.07, 6.45) is 0. The summed E-state index contributed by atoms with van der Waals surface area (Å²) in [7, 11) is 0. The summed E-state index contributed by atoms with van der Waals surface area (Å²) in [5, 5.41) is 3.85. The van der Waals surface area contributed by atoms with Gasteiger partial charge in [-0.25, -0.2) is 19.1 Å². The number of pyridine rings is 1. The fourth-order valence-corrected chi connectivity index (χ4v) is 4.39. The van der Waals surface area contributed by atoms with Gasteiger partial charge < -0.3 is 10.1 Å². The van der Waals surface area contributed by atoms with E-state index in [0.717, 1.165) is 16.8 Å². The number of esters is 1. The normalized spacial score (nSPS) is 10.9. The van der Waals surface area contributed by atoms with Crippen LogP contribution in [0.3, 0.4) is 0 Å². The second-order valence-corrected chi connectivity index (χ2v) is 8.64. The Hall–Kier alpha value is -4.78. The van der Waals surface area contributed by atoms with Gasteiger partial charge in [0.05, 0.1) is 28.9 Å². The van der Waals surface area contributed by atoms with Crippen LogP contribution in [-0.4, -0.2) is 27.1 Å². The van der Waals surface area contributed by atoms with Crippen molar-refractivity contribution in [3.8, 4) is 16.8 Å². The lowest BCUT2D eigenvalue weighted by molar-refractivity contribution is 0.0526. The van der Waals surface area contributed by atoms with Gasteiger partial charge in [-0.15, -0.1) is 0 Å². The third kappa shape index (κ3) is 4.59. The van der Waals surface area contributed by atoms with Crippen LogP contribution in [0.5, 0.6) is 0 Å². The summed E-state index contributed by atoms with van der Waals surface area (Å²) in [5.74, 6) is -0.167. The molecular formula is C30H26N4O3. The molecule has 0 aliphatic heterocycles. The molecule has 0 saturated heterocycles. The largest absolute Gasteiger partial charge is 0.462 e. The molecular weight excluding hydrogens is 464 g/mol. The van der Waals surface area contributed by atoms with Crippen LogP contribution in [0.2, 0.25) is 0 Å². The van der Waals surface area contributed by atoms with Gasteiger partial charge in [-0.2, -0.15) is 4.98 Å². The zero-order chi connectivity index (χ0) is 25.9. The van der Waals surface area contributed by atoms with E-state index in [1.165, 1.54) is 4.57 Å². The van der Waals surface area contributed by atoms with Crippen LogP contribution in [0.1, 0.15) is 28.5 Å². The number of fused-ring (bicyclic) bond motifs is 1. The predicted octanol–water partition coefficient (Wildman–Crippen LogP) is 5.98. The average Bonchev–Trinajstić information content (AvgIpc) is 2.90. The number of hydrogen-bond acceptors (Lipinski definition) is 6. The fourth-order valence-electron chi connectivity index (χ4n) is 4.39. The standard InChI is InChI=1S/C30H26N4O3/c1-4-37-29(35)24-20(3)31-28-26(25(24)21-11-7-5-8-12-21)27(32-22-17-15-19(2)16-18-22)33-30(36)34(28)23-13-9-6-10-14-23/h5-18H,4H2,1-3H3,(H,32,33,36). The van der Waals surface area contributed by atoms with Gasteiger partial charge in [0.2, 0.25) is 0 Å². The first kappa shape index (κ1) is 23.9. The van der Waals surface area contributed by atoms with Gasteiger partial charge in [-0.1, -0.05) is 66.2 Å². The molecule has 2 heterocycles. The molecule has 1 N–H and O–H groups in total. The molecule has 184 valence electrons. The van der Waals surface area contributed by atoms with E-state index in [0.29, 0.717) is 39.4 Å². The fraction of sp³-hybridized carbons (Fsp3) is 0.133. The van der Waals surface area contributed by atoms with Crippen molar-refractivity contribution >= 4 is 28.5 Å². The molecule has 5 rings (SSSR count). The lowest BCUT2D eigenvalue weighted by Crippen LogP contribution is -2.25. The first-order valence-corrected chi connectivity index (χ1v) is 12.1. The Balaban J connectivity index is 1.94. The van der Waals surface area contributed by atoms with E-state index >= 15 is 0 Å². The Morgan fingerprint density at radius 1 is 0.892 bits per heavy atom. The van der Waals surface area contributed by atoms with Crippen molar-refractivity contribution in [2.75, 3.05) is 11.9 Å². The molecule has 0 saturated carbocycles. The van der Waals surface area contributed by atoms with Crippen molar-refractivity contribution in [1.29, 1.82) is 0 Å². The van der Waals surface area contributed by atoms with Crippen LogP contribution < -0.4 is 11.0 Å². The number of benzene rings is 3. The van der Waals surface area contributed by atoms with Crippen LogP contribution in [0.25, 0.3) is 27.8 Å². The Kier molecular flexibility index (Phi) is 6.51. The highest BCUT2D eigenvalue weighted by molar-refractivity contribution is 6.11. The van der Waals surface area contributed by atoms with Crippen molar-refractivity contribution in [2.24, 2.45) is 0 Å². The number of anilines is 2. The summed E-state index contributed by atoms with van der Waals surface area (Å²) >= 11 is 0. The molecule has 0 aliphatic carbocycles. The quantitative estimate of drug-likeness (QED) is 0.295. The van der Waals surface area contributed by atoms with Gasteiger partial charge in [-0.05, 0) is 50.6 Å². The van der Waals surface area contributed by atoms with Gasteiger partial charge in [-0.3, -0.25) is 0 Å². The highest BCUT2D eigenvalue weighted by Crippen LogP contribution is 2.37. The van der Waals surface area contributed by atoms with Crippen molar-refractivity contribution in [2.45, 2.75) is 20.8 Å². The minimum absolute atomic E-state index is 0.223. The molecule has 0 atom stereocenters. The SMILES string of the molecule is CCOC(=O)c1c(C)nc2c(c(Nc3ccc(C)cc3)nc(=O)n2-c2ccccc2)c1-c1ccccc1. The number of para-hydroxylation sites is 1. The number of carbonyl (C=O) groups excluding carboxylic acids is 1. The minimum atomic E-state index is -0.483. The van der Waals surface area contributed by atoms with E-state index in [1.54, 1.807) is 13.8 Å². The molecule has 5 aromatic rings. The topological polar surface area (TPSA) is 86.1 Å². The summed E-state index contributed by atoms with van der Waals surface area (Å²) in [5.41, 5.74) is 4.59. The van der Waals surface area contributed by atoms with Crippen LogP contribution >= 0.6 is 0 Å². The molecule has 0 unspecified atom stereocenters. The first-order valence-electron chi connectivity index (χ1n) is 12.1. The summed E-state index contributed by atoms with van der Waals surface area (Å²) < 4.78 is 6.92. The summed E-state index contributed by atoms with van der Waals surface area (Å²) in [6.45, 7) is 5.75. The zero-order valence-corrected chi connectivity index (χ0v) is 20.9. The third-order valence-corrected chi connectivity index (χ3v) is 6.08. The van der Waals surface area contributed by atoms with E-state index in [-0.39, 0.29) is 6.61 Å². The van der Waals surface area contributed by atoms with Crippen LogP contribution in [0.4, 0.5) is 11.5 Å². The van der Waals surface area contributed by atoms with Gasteiger partial charge in [0.15, 0.2) is 5.65 Å². The number of aryl methyl sites for hydroxylation is 2. The van der Waals surface area contributed by atoms with Crippen molar-refractivity contribution in [3.05, 3.63) is 112 Å². The number of hydrogen-bond donors (Lipinski definition) is 1. The summed E-state index contributed by atoms with van der Waals surface area (Å²) in [6, 6.07) is 26.6. The van der Waals surface area contributed by atoms with Crippen molar-refractivity contribution < 1.29 is 9.53 Å². The van der Waals surface area contributed by atoms with Gasteiger partial charge in [0, 0.05) is 11.3 Å². The van der Waals surface area contributed by atoms with E-state index in [9.17, 15) is 9.59 Å². The highest BCUT2D eigenvalue weighted by Gasteiger charge is 2.26. The Morgan fingerprint density at radius 3 is 2.19 bits per heavy atom. The van der Waals surface area contributed by atoms with Crippen LogP contribution in [-0.2, 0) is 4.74 Å². The molecule has 0 fully saturated rings. The molecule has 0 spiro atoms. The predicted molar refractivity (Wildman–Crippen MR) is 146 cm³/mol. The second kappa shape index (κ2) is 10.1. The van der Waals surface area contributed by atoms with E-state index in [4.69, 9.17) is 9.72 Å². The zero-order valence-electron chi connectivity index (χ0n) is 20.9. The first-order chi connectivity index (χ1) is 18.0. The van der Waals surface area contributed by atoms with Crippen molar-refractivity contribution in [3.63, 3.8) is 0 Å². The van der Waals surface area contributed by atoms with Gasteiger partial charge in [0.25, 0.3) is 0 Å². The minimum Gasteiger partial charge on any atom is -0.462 e. The molecule has 0 bridgehead atoms. The van der Waals surface area contributed by atoms with Crippen molar-refractivity contribution in [1.82, 2.24) is 14.5 Å². The lowest BCUT2D eigenvalue weighted by Gasteiger charge is -2.20. The second-order valence-electron chi connectivity index (χ2n) is 8.64. The number of ether oxygens (including phenoxy) is 1. The molecule has 0 amide bonds. The smallest absolute Gasteiger partial charge is 0.355 e. The maximum atomic E-state index is 13.5. The monoisotopic (exact) mass is 490 g/mol.